The molecule has 0 fully saturated rings. The molecule has 0 atom stereocenters. The third kappa shape index (κ3) is 6.11. The summed E-state index contributed by atoms with van der Waals surface area (Å²) in [5.74, 6) is 2.21. The maximum absolute atomic E-state index is 5.84. The van der Waals surface area contributed by atoms with Crippen LogP contribution >= 0.6 is 8.60 Å². The maximum Gasteiger partial charge on any atom is 0.463 e. The summed E-state index contributed by atoms with van der Waals surface area (Å²) in [7, 11) is -1.57. The highest BCUT2D eigenvalue weighted by atomic mass is 31.2. The molecule has 3 aromatic carbocycles. The van der Waals surface area contributed by atoms with Gasteiger partial charge in [0.2, 0.25) is 0 Å². The van der Waals surface area contributed by atoms with Crippen molar-refractivity contribution in [3.63, 3.8) is 0 Å². The van der Waals surface area contributed by atoms with Crippen molar-refractivity contribution in [2.45, 2.75) is 0 Å². The molecule has 0 aliphatic carbocycles. The predicted octanol–water partition coefficient (Wildman–Crippen LogP) is 5.47. The molecule has 0 radical (unpaired) electrons. The monoisotopic (exact) mass is 354 g/mol. The largest absolute Gasteiger partial charge is 0.491 e. The van der Waals surface area contributed by atoms with Gasteiger partial charge in [-0.15, -0.1) is 0 Å². The van der Waals surface area contributed by atoms with Crippen LogP contribution in [0.5, 0.6) is 17.2 Å². The molecule has 0 heterocycles. The zero-order valence-corrected chi connectivity index (χ0v) is 14.5. The van der Waals surface area contributed by atoms with Crippen LogP contribution in [0.1, 0.15) is 0 Å². The number of ether oxygens (including phenoxy) is 1. The minimum atomic E-state index is -1.57. The normalized spacial score (nSPS) is 10.4. The molecule has 0 aliphatic heterocycles. The van der Waals surface area contributed by atoms with Crippen molar-refractivity contribution in [2.75, 3.05) is 13.2 Å². The maximum atomic E-state index is 5.84. The molecule has 128 valence electrons. The smallest absolute Gasteiger partial charge is 0.463 e. The van der Waals surface area contributed by atoms with Crippen molar-refractivity contribution in [1.82, 2.24) is 0 Å². The lowest BCUT2D eigenvalue weighted by molar-refractivity contribution is 0.199. The quantitative estimate of drug-likeness (QED) is 0.377. The Morgan fingerprint density at radius 1 is 0.520 bits per heavy atom. The van der Waals surface area contributed by atoms with Gasteiger partial charge in [0.05, 0.1) is 6.61 Å². The minimum absolute atomic E-state index is 0.361. The Morgan fingerprint density at radius 2 is 0.960 bits per heavy atom. The predicted molar refractivity (Wildman–Crippen MR) is 98.9 cm³/mol. The zero-order chi connectivity index (χ0) is 17.2. The number of para-hydroxylation sites is 3. The van der Waals surface area contributed by atoms with Gasteiger partial charge >= 0.3 is 8.60 Å². The molecule has 0 aromatic heterocycles. The molecule has 0 N–H and O–H groups in total. The fourth-order valence-corrected chi connectivity index (χ4v) is 2.95. The second-order valence-electron chi connectivity index (χ2n) is 5.03. The van der Waals surface area contributed by atoms with Crippen molar-refractivity contribution in [3.05, 3.63) is 91.0 Å². The van der Waals surface area contributed by atoms with Gasteiger partial charge < -0.3 is 13.8 Å². The van der Waals surface area contributed by atoms with Crippen LogP contribution in [-0.2, 0) is 4.52 Å². The number of hydrogen-bond acceptors (Lipinski definition) is 4. The van der Waals surface area contributed by atoms with E-state index in [0.29, 0.717) is 24.7 Å². The summed E-state index contributed by atoms with van der Waals surface area (Å²) in [6, 6.07) is 28.6. The molecule has 0 saturated heterocycles. The number of rotatable bonds is 9. The molecule has 3 rings (SSSR count). The van der Waals surface area contributed by atoms with E-state index >= 15 is 0 Å². The number of hydrogen-bond donors (Lipinski definition) is 0. The SMILES string of the molecule is c1ccc(OCCOP(Oc2ccccc2)Oc2ccccc2)cc1. The van der Waals surface area contributed by atoms with Crippen molar-refractivity contribution in [1.29, 1.82) is 0 Å². The van der Waals surface area contributed by atoms with Crippen molar-refractivity contribution in [3.8, 4) is 17.2 Å². The molecule has 0 unspecified atom stereocenters. The van der Waals surface area contributed by atoms with Crippen LogP contribution < -0.4 is 13.8 Å². The van der Waals surface area contributed by atoms with Gasteiger partial charge in [0.25, 0.3) is 0 Å². The highest BCUT2D eigenvalue weighted by molar-refractivity contribution is 7.42. The van der Waals surface area contributed by atoms with Crippen LogP contribution in [0.4, 0.5) is 0 Å². The summed E-state index contributed by atoms with van der Waals surface area (Å²) in [5, 5.41) is 0. The Labute approximate surface area is 148 Å². The van der Waals surface area contributed by atoms with Gasteiger partial charge in [0.15, 0.2) is 0 Å². The second kappa shape index (κ2) is 9.67. The zero-order valence-electron chi connectivity index (χ0n) is 13.7. The molecule has 4 nitrogen and oxygen atoms in total. The van der Waals surface area contributed by atoms with Crippen molar-refractivity contribution >= 4 is 8.60 Å². The summed E-state index contributed by atoms with van der Waals surface area (Å²) < 4.78 is 23.1. The lowest BCUT2D eigenvalue weighted by Gasteiger charge is -2.17. The van der Waals surface area contributed by atoms with Crippen LogP contribution in [-0.4, -0.2) is 13.2 Å². The third-order valence-corrected chi connectivity index (χ3v) is 4.25. The van der Waals surface area contributed by atoms with Crippen LogP contribution in [0, 0.1) is 0 Å². The Morgan fingerprint density at radius 3 is 1.44 bits per heavy atom. The molecule has 0 aliphatic rings. The summed E-state index contributed by atoms with van der Waals surface area (Å²) in [6.07, 6.45) is 0. The minimum Gasteiger partial charge on any atom is -0.491 e. The molecule has 0 saturated carbocycles. The van der Waals surface area contributed by atoms with E-state index in [1.54, 1.807) is 0 Å². The first-order valence-electron chi connectivity index (χ1n) is 7.97. The third-order valence-electron chi connectivity index (χ3n) is 3.14. The van der Waals surface area contributed by atoms with Gasteiger partial charge in [-0.05, 0) is 36.4 Å². The summed E-state index contributed by atoms with van der Waals surface area (Å²) in [5.41, 5.74) is 0. The lowest BCUT2D eigenvalue weighted by Crippen LogP contribution is -2.08. The van der Waals surface area contributed by atoms with Gasteiger partial charge in [-0.2, -0.15) is 0 Å². The first-order chi connectivity index (χ1) is 12.4. The van der Waals surface area contributed by atoms with Gasteiger partial charge in [-0.1, -0.05) is 54.6 Å². The number of benzene rings is 3. The molecule has 0 amide bonds. The highest BCUT2D eigenvalue weighted by Gasteiger charge is 2.17. The topological polar surface area (TPSA) is 36.9 Å². The fourth-order valence-electron chi connectivity index (χ4n) is 1.99. The lowest BCUT2D eigenvalue weighted by atomic mass is 10.3. The summed E-state index contributed by atoms with van der Waals surface area (Å²) in [6.45, 7) is 0.777. The second-order valence-corrected chi connectivity index (χ2v) is 6.10. The van der Waals surface area contributed by atoms with Crippen LogP contribution in [0.15, 0.2) is 91.0 Å². The first-order valence-corrected chi connectivity index (χ1v) is 9.06. The van der Waals surface area contributed by atoms with Crippen LogP contribution in [0.3, 0.4) is 0 Å². The Balaban J connectivity index is 1.54. The molecule has 0 spiro atoms. The molecule has 0 bridgehead atoms. The van der Waals surface area contributed by atoms with E-state index in [2.05, 4.69) is 0 Å². The van der Waals surface area contributed by atoms with E-state index in [1.165, 1.54) is 0 Å². The average Bonchev–Trinajstić information content (AvgIpc) is 2.67. The van der Waals surface area contributed by atoms with Gasteiger partial charge in [0, 0.05) is 0 Å². The van der Waals surface area contributed by atoms with Crippen molar-refractivity contribution in [2.24, 2.45) is 0 Å². The van der Waals surface area contributed by atoms with Crippen LogP contribution in [0.25, 0.3) is 0 Å². The fraction of sp³-hybridized carbons (Fsp3) is 0.100. The van der Waals surface area contributed by atoms with E-state index < -0.39 is 8.60 Å². The summed E-state index contributed by atoms with van der Waals surface area (Å²) >= 11 is 0. The first kappa shape index (κ1) is 17.3. The van der Waals surface area contributed by atoms with E-state index in [-0.39, 0.29) is 0 Å². The van der Waals surface area contributed by atoms with Gasteiger partial charge in [-0.25, -0.2) is 0 Å². The summed E-state index contributed by atoms with van der Waals surface area (Å²) in [4.78, 5) is 0. The van der Waals surface area contributed by atoms with E-state index in [4.69, 9.17) is 18.3 Å². The van der Waals surface area contributed by atoms with Gasteiger partial charge in [-0.3, -0.25) is 4.52 Å². The molecular formula is C20H19O4P. The molecular weight excluding hydrogens is 335 g/mol. The van der Waals surface area contributed by atoms with Crippen LogP contribution in [0.2, 0.25) is 0 Å². The van der Waals surface area contributed by atoms with Gasteiger partial charge in [0.1, 0.15) is 23.9 Å². The van der Waals surface area contributed by atoms with E-state index in [0.717, 1.165) is 5.75 Å². The molecule has 25 heavy (non-hydrogen) atoms. The van der Waals surface area contributed by atoms with Crippen molar-refractivity contribution < 1.29 is 18.3 Å². The average molecular weight is 354 g/mol. The highest BCUT2D eigenvalue weighted by Crippen LogP contribution is 2.41. The molecule has 3 aromatic rings. The van der Waals surface area contributed by atoms with E-state index in [1.807, 2.05) is 91.0 Å². The molecule has 5 heteroatoms. The van der Waals surface area contributed by atoms with E-state index in [9.17, 15) is 0 Å². The standard InChI is InChI=1S/C20H19O4P/c1-4-10-18(11-5-1)21-16-17-22-25(23-19-12-6-2-7-13-19)24-20-14-8-3-9-15-20/h1-15H,16-17H2. The Bertz CT molecular complexity index is 681. The Hall–Kier alpha value is -2.55. The Kier molecular flexibility index (Phi) is 6.69.